The fourth-order valence-electron chi connectivity index (χ4n) is 4.24. The van der Waals surface area contributed by atoms with Crippen molar-refractivity contribution in [1.29, 1.82) is 0 Å². The second-order valence-corrected chi connectivity index (χ2v) is 9.29. The number of carbonyl (C=O) groups is 1. The third-order valence-electron chi connectivity index (χ3n) is 5.95. The minimum atomic E-state index is 0.144. The van der Waals surface area contributed by atoms with E-state index >= 15 is 0 Å². The van der Waals surface area contributed by atoms with E-state index in [0.717, 1.165) is 59.2 Å². The summed E-state index contributed by atoms with van der Waals surface area (Å²) in [5.41, 5.74) is 3.96. The molecule has 1 amide bonds. The van der Waals surface area contributed by atoms with E-state index < -0.39 is 0 Å². The smallest absolute Gasteiger partial charge is 0.228 e. The molecule has 0 saturated carbocycles. The van der Waals surface area contributed by atoms with Crippen molar-refractivity contribution in [1.82, 2.24) is 25.1 Å². The van der Waals surface area contributed by atoms with Gasteiger partial charge in [0.05, 0.1) is 22.5 Å². The molecule has 1 aliphatic heterocycles. The monoisotopic (exact) mass is 446 g/mol. The number of aromatic nitrogens is 4. The molecule has 2 N–H and O–H groups in total. The van der Waals surface area contributed by atoms with Gasteiger partial charge in [0.1, 0.15) is 0 Å². The molecule has 32 heavy (non-hydrogen) atoms. The summed E-state index contributed by atoms with van der Waals surface area (Å²) in [7, 11) is 0. The van der Waals surface area contributed by atoms with Crippen LogP contribution in [-0.4, -0.2) is 50.6 Å². The Labute approximate surface area is 190 Å². The lowest BCUT2D eigenvalue weighted by Gasteiger charge is -2.16. The molecule has 0 bridgehead atoms. The lowest BCUT2D eigenvalue weighted by molar-refractivity contribution is -0.129. The molecule has 1 unspecified atom stereocenters. The van der Waals surface area contributed by atoms with Gasteiger partial charge >= 0.3 is 0 Å². The number of H-pyrrole nitrogens is 1. The van der Waals surface area contributed by atoms with Gasteiger partial charge in [0.15, 0.2) is 11.5 Å². The Morgan fingerprint density at radius 3 is 2.91 bits per heavy atom. The quantitative estimate of drug-likeness (QED) is 0.449. The van der Waals surface area contributed by atoms with Crippen molar-refractivity contribution in [2.24, 2.45) is 0 Å². The Hall–Kier alpha value is -3.26. The average molecular weight is 447 g/mol. The summed E-state index contributed by atoms with van der Waals surface area (Å²) in [5.74, 6) is 1.22. The molecule has 1 fully saturated rings. The van der Waals surface area contributed by atoms with Crippen LogP contribution in [0.15, 0.2) is 47.8 Å². The zero-order valence-electron chi connectivity index (χ0n) is 18.0. The van der Waals surface area contributed by atoms with Crippen LogP contribution < -0.4 is 5.32 Å². The highest BCUT2D eigenvalue weighted by atomic mass is 32.1. The van der Waals surface area contributed by atoms with Gasteiger partial charge in [-0.1, -0.05) is 30.3 Å². The maximum absolute atomic E-state index is 12.7. The first kappa shape index (κ1) is 20.6. The molecule has 1 aliphatic rings. The van der Waals surface area contributed by atoms with Crippen molar-refractivity contribution in [3.63, 3.8) is 0 Å². The summed E-state index contributed by atoms with van der Waals surface area (Å²) in [5, 5.41) is 14.8. The fraction of sp³-hybridized carbons (Fsp3) is 0.333. The number of aryl methyl sites for hydroxylation is 1. The largest absolute Gasteiger partial charge is 0.368 e. The van der Waals surface area contributed by atoms with E-state index in [0.29, 0.717) is 13.0 Å². The number of fused-ring (bicyclic) bond motifs is 1. The number of thiazole rings is 1. The lowest BCUT2D eigenvalue weighted by Crippen LogP contribution is -2.30. The number of anilines is 1. The first-order valence-electron chi connectivity index (χ1n) is 11.0. The van der Waals surface area contributed by atoms with Crippen LogP contribution >= 0.6 is 11.3 Å². The van der Waals surface area contributed by atoms with E-state index in [1.807, 2.05) is 23.3 Å². The number of nitrogens with one attached hydrogen (secondary N) is 2. The summed E-state index contributed by atoms with van der Waals surface area (Å²) in [6.45, 7) is 4.24. The number of rotatable bonds is 7. The van der Waals surface area contributed by atoms with E-state index in [-0.39, 0.29) is 11.8 Å². The fourth-order valence-corrected chi connectivity index (χ4v) is 4.85. The van der Waals surface area contributed by atoms with Gasteiger partial charge in [-0.3, -0.25) is 9.89 Å². The van der Waals surface area contributed by atoms with Crippen molar-refractivity contribution in [2.45, 2.75) is 32.1 Å². The SMILES string of the molecule is Cc1nc(CC(=O)N2CCC(c3ccc4c(NCCc5ccccc5)n[nH]c4n3)C2)cs1. The predicted molar refractivity (Wildman–Crippen MR) is 127 cm³/mol. The van der Waals surface area contributed by atoms with E-state index in [2.05, 4.69) is 56.9 Å². The van der Waals surface area contributed by atoms with E-state index in [1.165, 1.54) is 5.56 Å². The second-order valence-electron chi connectivity index (χ2n) is 8.23. The summed E-state index contributed by atoms with van der Waals surface area (Å²) in [4.78, 5) is 23.8. The van der Waals surface area contributed by atoms with Gasteiger partial charge in [0.2, 0.25) is 5.91 Å². The topological polar surface area (TPSA) is 86.8 Å². The molecule has 0 aliphatic carbocycles. The highest BCUT2D eigenvalue weighted by molar-refractivity contribution is 7.09. The summed E-state index contributed by atoms with van der Waals surface area (Å²) in [6.07, 6.45) is 2.24. The number of aromatic amines is 1. The first-order chi connectivity index (χ1) is 15.7. The molecular formula is C24H26N6OS. The molecule has 0 radical (unpaired) electrons. The summed E-state index contributed by atoms with van der Waals surface area (Å²) >= 11 is 1.59. The molecule has 3 aromatic heterocycles. The predicted octanol–water partition coefficient (Wildman–Crippen LogP) is 3.94. The molecule has 7 nitrogen and oxygen atoms in total. The highest BCUT2D eigenvalue weighted by Crippen LogP contribution is 2.29. The lowest BCUT2D eigenvalue weighted by atomic mass is 10.0. The first-order valence-corrected chi connectivity index (χ1v) is 11.9. The number of benzene rings is 1. The van der Waals surface area contributed by atoms with Gasteiger partial charge in [-0.05, 0) is 37.5 Å². The molecule has 164 valence electrons. The van der Waals surface area contributed by atoms with Crippen molar-refractivity contribution in [3.05, 3.63) is 69.8 Å². The number of carbonyl (C=O) groups excluding carboxylic acids is 1. The van der Waals surface area contributed by atoms with Gasteiger partial charge in [-0.25, -0.2) is 9.97 Å². The van der Waals surface area contributed by atoms with Gasteiger partial charge in [-0.15, -0.1) is 11.3 Å². The van der Waals surface area contributed by atoms with Crippen LogP contribution in [0.5, 0.6) is 0 Å². The maximum Gasteiger partial charge on any atom is 0.228 e. The number of hydrogen-bond donors (Lipinski definition) is 2. The van der Waals surface area contributed by atoms with Gasteiger partial charge < -0.3 is 10.2 Å². The third kappa shape index (κ3) is 4.50. The Morgan fingerprint density at radius 2 is 2.09 bits per heavy atom. The third-order valence-corrected chi connectivity index (χ3v) is 6.77. The Morgan fingerprint density at radius 1 is 1.22 bits per heavy atom. The van der Waals surface area contributed by atoms with Gasteiger partial charge in [-0.2, -0.15) is 5.10 Å². The maximum atomic E-state index is 12.7. The zero-order valence-corrected chi connectivity index (χ0v) is 18.9. The number of likely N-dealkylation sites (tertiary alicyclic amines) is 1. The normalized spacial score (nSPS) is 16.0. The van der Waals surface area contributed by atoms with Crippen LogP contribution in [0.25, 0.3) is 11.0 Å². The van der Waals surface area contributed by atoms with E-state index in [4.69, 9.17) is 4.98 Å². The minimum Gasteiger partial charge on any atom is -0.368 e. The molecule has 1 saturated heterocycles. The molecule has 5 rings (SSSR count). The van der Waals surface area contributed by atoms with Crippen molar-refractivity contribution in [3.8, 4) is 0 Å². The van der Waals surface area contributed by atoms with Crippen LogP contribution in [-0.2, 0) is 17.6 Å². The molecule has 8 heteroatoms. The standard InChI is InChI=1S/C24H26N6OS/c1-16-26-19(15-32-16)13-22(31)30-12-10-18(14-30)21-8-7-20-23(28-29-24(20)27-21)25-11-9-17-5-3-2-4-6-17/h2-8,15,18H,9-14H2,1H3,(H2,25,27,28,29). The van der Waals surface area contributed by atoms with Crippen molar-refractivity contribution < 1.29 is 4.79 Å². The molecular weight excluding hydrogens is 420 g/mol. The van der Waals surface area contributed by atoms with Gasteiger partial charge in [0.25, 0.3) is 0 Å². The second kappa shape index (κ2) is 9.08. The number of hydrogen-bond acceptors (Lipinski definition) is 6. The number of amides is 1. The molecule has 1 aromatic carbocycles. The number of nitrogens with zero attached hydrogens (tertiary/aromatic N) is 4. The van der Waals surface area contributed by atoms with E-state index in [9.17, 15) is 4.79 Å². The van der Waals surface area contributed by atoms with Gasteiger partial charge in [0, 0.05) is 36.6 Å². The average Bonchev–Trinajstić information content (AvgIpc) is 3.54. The van der Waals surface area contributed by atoms with E-state index in [1.54, 1.807) is 11.3 Å². The van der Waals surface area contributed by atoms with Crippen molar-refractivity contribution in [2.75, 3.05) is 25.0 Å². The molecule has 4 heterocycles. The van der Waals surface area contributed by atoms with Crippen LogP contribution in [0.2, 0.25) is 0 Å². The molecule has 0 spiro atoms. The zero-order chi connectivity index (χ0) is 21.9. The van der Waals surface area contributed by atoms with Crippen LogP contribution in [0.1, 0.15) is 34.3 Å². The Kier molecular flexibility index (Phi) is 5.85. The Bertz CT molecular complexity index is 1220. The summed E-state index contributed by atoms with van der Waals surface area (Å²) < 4.78 is 0. The van der Waals surface area contributed by atoms with Crippen LogP contribution in [0, 0.1) is 6.92 Å². The Balaban J connectivity index is 1.20. The van der Waals surface area contributed by atoms with Crippen molar-refractivity contribution >= 4 is 34.1 Å². The van der Waals surface area contributed by atoms with Crippen LogP contribution in [0.4, 0.5) is 5.82 Å². The molecule has 1 atom stereocenters. The minimum absolute atomic E-state index is 0.144. The summed E-state index contributed by atoms with van der Waals surface area (Å²) in [6, 6.07) is 14.6. The number of pyridine rings is 1. The van der Waals surface area contributed by atoms with Crippen LogP contribution in [0.3, 0.4) is 0 Å². The molecule has 4 aromatic rings. The highest BCUT2D eigenvalue weighted by Gasteiger charge is 2.28.